The fraction of sp³-hybridized carbons (Fsp3) is 0.750. The number of aromatic nitrogens is 1. The summed E-state index contributed by atoms with van der Waals surface area (Å²) < 4.78 is 37.4. The van der Waals surface area contributed by atoms with Gasteiger partial charge in [-0.1, -0.05) is 0 Å². The van der Waals surface area contributed by atoms with Gasteiger partial charge in [0.25, 0.3) is 0 Å². The van der Waals surface area contributed by atoms with Crippen LogP contribution in [0.25, 0.3) is 0 Å². The van der Waals surface area contributed by atoms with Crippen molar-refractivity contribution in [1.29, 1.82) is 0 Å². The molecule has 0 radical (unpaired) electrons. The monoisotopic (exact) mass is 293 g/mol. The molecule has 2 unspecified atom stereocenters. The fourth-order valence-corrected chi connectivity index (χ4v) is 3.22. The van der Waals surface area contributed by atoms with Gasteiger partial charge >= 0.3 is 6.18 Å². The normalized spacial score (nSPS) is 23.5. The Morgan fingerprint density at radius 2 is 2.32 bits per heavy atom. The smallest absolute Gasteiger partial charge is 0.328 e. The molecule has 0 spiro atoms. The molecule has 1 aliphatic heterocycles. The highest BCUT2D eigenvalue weighted by Crippen LogP contribution is 2.33. The van der Waals surface area contributed by atoms with Crippen LogP contribution in [0, 0.1) is 5.92 Å². The van der Waals surface area contributed by atoms with Crippen LogP contribution >= 0.6 is 11.3 Å². The summed E-state index contributed by atoms with van der Waals surface area (Å²) in [5, 5.41) is -0.761. The zero-order valence-electron chi connectivity index (χ0n) is 10.8. The van der Waals surface area contributed by atoms with E-state index in [1.807, 2.05) is 6.92 Å². The van der Waals surface area contributed by atoms with Gasteiger partial charge in [0.15, 0.2) is 5.01 Å². The van der Waals surface area contributed by atoms with Crippen molar-refractivity contribution < 1.29 is 13.2 Å². The summed E-state index contributed by atoms with van der Waals surface area (Å²) in [5.41, 5.74) is 5.90. The van der Waals surface area contributed by atoms with Gasteiger partial charge in [-0.25, -0.2) is 4.98 Å². The van der Waals surface area contributed by atoms with Crippen LogP contribution in [0.5, 0.6) is 0 Å². The average molecular weight is 293 g/mol. The van der Waals surface area contributed by atoms with Gasteiger partial charge in [0, 0.05) is 30.2 Å². The van der Waals surface area contributed by atoms with E-state index in [4.69, 9.17) is 5.73 Å². The number of nitrogens with two attached hydrogens (primary N) is 1. The lowest BCUT2D eigenvalue weighted by atomic mass is 9.92. The molecule has 2 heterocycles. The largest absolute Gasteiger partial charge is 0.443 e. The van der Waals surface area contributed by atoms with E-state index in [9.17, 15) is 13.2 Å². The second-order valence-electron chi connectivity index (χ2n) is 5.13. The summed E-state index contributed by atoms with van der Waals surface area (Å²) in [6.45, 7) is 4.30. The maximum atomic E-state index is 12.5. The first kappa shape index (κ1) is 14.7. The van der Waals surface area contributed by atoms with Crippen molar-refractivity contribution in [3.05, 3.63) is 16.1 Å². The number of hydrogen-bond acceptors (Lipinski definition) is 4. The molecule has 1 aliphatic rings. The quantitative estimate of drug-likeness (QED) is 0.931. The minimum Gasteiger partial charge on any atom is -0.328 e. The van der Waals surface area contributed by atoms with Crippen LogP contribution in [0.2, 0.25) is 0 Å². The summed E-state index contributed by atoms with van der Waals surface area (Å²) >= 11 is 0.734. The molecule has 19 heavy (non-hydrogen) atoms. The SMILES string of the molecule is CC(N)C1CCCN(Cc2cnc(C(F)(F)F)s2)C1. The molecular weight excluding hydrogens is 275 g/mol. The topological polar surface area (TPSA) is 42.1 Å². The van der Waals surface area contributed by atoms with Gasteiger partial charge in [-0.3, -0.25) is 4.90 Å². The van der Waals surface area contributed by atoms with Crippen LogP contribution in [0.15, 0.2) is 6.20 Å². The highest BCUT2D eigenvalue weighted by Gasteiger charge is 2.34. The van der Waals surface area contributed by atoms with Crippen molar-refractivity contribution >= 4 is 11.3 Å². The third-order valence-corrected chi connectivity index (χ3v) is 4.49. The zero-order chi connectivity index (χ0) is 14.0. The zero-order valence-corrected chi connectivity index (χ0v) is 11.6. The molecule has 0 bridgehead atoms. The lowest BCUT2D eigenvalue weighted by Crippen LogP contribution is -2.41. The van der Waals surface area contributed by atoms with E-state index < -0.39 is 11.2 Å². The maximum Gasteiger partial charge on any atom is 0.443 e. The van der Waals surface area contributed by atoms with E-state index in [0.29, 0.717) is 17.3 Å². The number of thiazole rings is 1. The summed E-state index contributed by atoms with van der Waals surface area (Å²) in [6.07, 6.45) is -0.843. The molecule has 0 amide bonds. The minimum absolute atomic E-state index is 0.134. The lowest BCUT2D eigenvalue weighted by Gasteiger charge is -2.34. The van der Waals surface area contributed by atoms with Crippen molar-refractivity contribution in [1.82, 2.24) is 9.88 Å². The highest BCUT2D eigenvalue weighted by molar-refractivity contribution is 7.11. The molecule has 0 aliphatic carbocycles. The molecule has 7 heteroatoms. The van der Waals surface area contributed by atoms with Crippen molar-refractivity contribution in [2.24, 2.45) is 11.7 Å². The molecule has 3 nitrogen and oxygen atoms in total. The van der Waals surface area contributed by atoms with Crippen molar-refractivity contribution in [2.45, 2.75) is 38.5 Å². The molecule has 2 N–H and O–H groups in total. The molecule has 1 aromatic heterocycles. The first-order chi connectivity index (χ1) is 8.86. The molecule has 1 aromatic rings. The van der Waals surface area contributed by atoms with Gasteiger partial charge in [-0.05, 0) is 32.2 Å². The van der Waals surface area contributed by atoms with Crippen LogP contribution in [0.3, 0.4) is 0 Å². The molecule has 2 rings (SSSR count). The van der Waals surface area contributed by atoms with Crippen LogP contribution in [-0.4, -0.2) is 29.0 Å². The van der Waals surface area contributed by atoms with Crippen LogP contribution < -0.4 is 5.73 Å². The molecule has 108 valence electrons. The van der Waals surface area contributed by atoms with Gasteiger partial charge in [-0.2, -0.15) is 13.2 Å². The summed E-state index contributed by atoms with van der Waals surface area (Å²) in [6, 6.07) is 0.134. The molecule has 1 fully saturated rings. The standard InChI is InChI=1S/C12H18F3N3S/c1-8(16)9-3-2-4-18(6-9)7-10-5-17-11(19-10)12(13,14)15/h5,8-9H,2-4,6-7,16H2,1H3. The van der Waals surface area contributed by atoms with Gasteiger partial charge in [-0.15, -0.1) is 11.3 Å². The number of piperidine rings is 1. The first-order valence-corrected chi connectivity index (χ1v) is 7.17. The van der Waals surface area contributed by atoms with E-state index in [1.165, 1.54) is 6.20 Å². The van der Waals surface area contributed by atoms with E-state index in [0.717, 1.165) is 37.3 Å². The van der Waals surface area contributed by atoms with Gasteiger partial charge in [0.2, 0.25) is 0 Å². The predicted octanol–water partition coefficient (Wildman–Crippen LogP) is 2.72. The maximum absolute atomic E-state index is 12.5. The highest BCUT2D eigenvalue weighted by atomic mass is 32.1. The Hall–Kier alpha value is -0.660. The lowest BCUT2D eigenvalue weighted by molar-refractivity contribution is -0.137. The Bertz CT molecular complexity index is 417. The third-order valence-electron chi connectivity index (χ3n) is 3.46. The Balaban J connectivity index is 1.95. The summed E-state index contributed by atoms with van der Waals surface area (Å²) in [4.78, 5) is 6.29. The Labute approximate surface area is 114 Å². The Morgan fingerprint density at radius 3 is 2.89 bits per heavy atom. The Morgan fingerprint density at radius 1 is 1.58 bits per heavy atom. The molecular formula is C12H18F3N3S. The summed E-state index contributed by atoms with van der Waals surface area (Å²) in [5.74, 6) is 0.434. The van der Waals surface area contributed by atoms with Gasteiger partial charge in [0.1, 0.15) is 0 Å². The van der Waals surface area contributed by atoms with Gasteiger partial charge in [0.05, 0.1) is 0 Å². The van der Waals surface area contributed by atoms with Crippen molar-refractivity contribution in [2.75, 3.05) is 13.1 Å². The predicted molar refractivity (Wildman–Crippen MR) is 68.8 cm³/mol. The number of nitrogens with zero attached hydrogens (tertiary/aromatic N) is 2. The fourth-order valence-electron chi connectivity index (χ4n) is 2.40. The molecule has 0 aromatic carbocycles. The minimum atomic E-state index is -4.33. The molecule has 2 atom stereocenters. The second kappa shape index (κ2) is 5.76. The van der Waals surface area contributed by atoms with Crippen molar-refractivity contribution in [3.63, 3.8) is 0 Å². The second-order valence-corrected chi connectivity index (χ2v) is 6.24. The van der Waals surface area contributed by atoms with E-state index in [2.05, 4.69) is 9.88 Å². The van der Waals surface area contributed by atoms with Crippen LogP contribution in [-0.2, 0) is 12.7 Å². The van der Waals surface area contributed by atoms with E-state index >= 15 is 0 Å². The van der Waals surface area contributed by atoms with E-state index in [1.54, 1.807) is 0 Å². The summed E-state index contributed by atoms with van der Waals surface area (Å²) in [7, 11) is 0. The van der Waals surface area contributed by atoms with Crippen LogP contribution in [0.4, 0.5) is 13.2 Å². The average Bonchev–Trinajstić information content (AvgIpc) is 2.77. The van der Waals surface area contributed by atoms with Gasteiger partial charge < -0.3 is 5.73 Å². The number of likely N-dealkylation sites (tertiary alicyclic amines) is 1. The number of alkyl halides is 3. The molecule has 0 saturated carbocycles. The Kier molecular flexibility index (Phi) is 4.47. The molecule has 1 saturated heterocycles. The van der Waals surface area contributed by atoms with Crippen molar-refractivity contribution in [3.8, 4) is 0 Å². The number of halogens is 3. The third kappa shape index (κ3) is 3.90. The van der Waals surface area contributed by atoms with Crippen LogP contribution in [0.1, 0.15) is 29.7 Å². The first-order valence-electron chi connectivity index (χ1n) is 6.36. The van der Waals surface area contributed by atoms with E-state index in [-0.39, 0.29) is 6.04 Å². The number of rotatable bonds is 3. The number of hydrogen-bond donors (Lipinski definition) is 1.